The number of likely N-dealkylation sites (tertiary alicyclic amines) is 2. The van der Waals surface area contributed by atoms with Crippen LogP contribution in [0.25, 0.3) is 22.3 Å². The Bertz CT molecular complexity index is 2260. The number of fused-ring (bicyclic) bond motifs is 2. The van der Waals surface area contributed by atoms with E-state index in [9.17, 15) is 23.6 Å². The SMILES string of the molecule is COC(=O)N[C@H](C(=O)N1C[C@H](F)C[C@H]1C1=NC=C(c2ccc(-c3ccc(C4=CN=C([C@@H]5C[C@@H](F)CN5C(=O)[C@@H](NC(=O)OC)C(C)C)C4)c4c3C3(CCCC3)CC4)cc2)C1)C(C)C. The van der Waals surface area contributed by atoms with E-state index in [1.807, 2.05) is 40.1 Å². The zero-order chi connectivity index (χ0) is 44.7. The molecule has 336 valence electrons. The van der Waals surface area contributed by atoms with E-state index < -0.39 is 48.7 Å². The lowest BCUT2D eigenvalue weighted by Crippen LogP contribution is -2.53. The fourth-order valence-corrected chi connectivity index (χ4v) is 11.0. The molecular weight excluding hydrogens is 807 g/mol. The van der Waals surface area contributed by atoms with Crippen LogP contribution in [0.5, 0.6) is 0 Å². The molecule has 4 amide bonds. The minimum atomic E-state index is -1.19. The number of alkyl carbamates (subject to hydrolysis) is 2. The quantitative estimate of drug-likeness (QED) is 0.234. The van der Waals surface area contributed by atoms with Crippen molar-refractivity contribution in [1.29, 1.82) is 0 Å². The molecule has 3 fully saturated rings. The number of hydrogen-bond donors (Lipinski definition) is 2. The predicted octanol–water partition coefficient (Wildman–Crippen LogP) is 8.12. The van der Waals surface area contributed by atoms with Crippen LogP contribution in [0.2, 0.25) is 0 Å². The summed E-state index contributed by atoms with van der Waals surface area (Å²) in [4.78, 5) is 64.4. The van der Waals surface area contributed by atoms with Gasteiger partial charge in [-0.3, -0.25) is 19.6 Å². The zero-order valence-corrected chi connectivity index (χ0v) is 37.2. The first-order valence-corrected chi connectivity index (χ1v) is 22.6. The number of aliphatic imine (C=N–C) groups is 2. The molecule has 14 heteroatoms. The van der Waals surface area contributed by atoms with Gasteiger partial charge < -0.3 is 29.9 Å². The smallest absolute Gasteiger partial charge is 0.407 e. The number of amides is 4. The summed E-state index contributed by atoms with van der Waals surface area (Å²) in [6, 6.07) is 10.3. The Morgan fingerprint density at radius 2 is 1.16 bits per heavy atom. The molecule has 2 N–H and O–H groups in total. The van der Waals surface area contributed by atoms with E-state index in [-0.39, 0.29) is 55.0 Å². The van der Waals surface area contributed by atoms with Crippen molar-refractivity contribution in [3.05, 3.63) is 71.1 Å². The van der Waals surface area contributed by atoms with Gasteiger partial charge in [-0.1, -0.05) is 76.9 Å². The van der Waals surface area contributed by atoms with Crippen LogP contribution in [0, 0.1) is 11.8 Å². The molecule has 6 atom stereocenters. The monoisotopic (exact) mass is 866 g/mol. The summed E-state index contributed by atoms with van der Waals surface area (Å²) in [5.41, 5.74) is 11.0. The largest absolute Gasteiger partial charge is 0.453 e. The normalized spacial score (nSPS) is 24.6. The van der Waals surface area contributed by atoms with E-state index in [4.69, 9.17) is 19.5 Å². The van der Waals surface area contributed by atoms with Crippen molar-refractivity contribution in [2.24, 2.45) is 21.8 Å². The number of alkyl halides is 2. The number of nitrogens with zero attached hydrogens (tertiary/aromatic N) is 4. The van der Waals surface area contributed by atoms with Crippen molar-refractivity contribution in [3.63, 3.8) is 0 Å². The number of ether oxygens (including phenoxy) is 2. The Balaban J connectivity index is 0.992. The van der Waals surface area contributed by atoms with Gasteiger partial charge in [0.2, 0.25) is 11.8 Å². The summed E-state index contributed by atoms with van der Waals surface area (Å²) in [7, 11) is 2.50. The molecule has 0 unspecified atom stereocenters. The van der Waals surface area contributed by atoms with Crippen LogP contribution in [0.4, 0.5) is 18.4 Å². The zero-order valence-electron chi connectivity index (χ0n) is 37.2. The molecule has 0 aromatic heterocycles. The molecule has 4 heterocycles. The van der Waals surface area contributed by atoms with Gasteiger partial charge in [0.15, 0.2) is 0 Å². The summed E-state index contributed by atoms with van der Waals surface area (Å²) >= 11 is 0. The van der Waals surface area contributed by atoms with Crippen molar-refractivity contribution in [1.82, 2.24) is 20.4 Å². The third-order valence-electron chi connectivity index (χ3n) is 14.3. The highest BCUT2D eigenvalue weighted by Crippen LogP contribution is 2.55. The first kappa shape index (κ1) is 44.2. The summed E-state index contributed by atoms with van der Waals surface area (Å²) < 4.78 is 39.6. The second kappa shape index (κ2) is 18.0. The van der Waals surface area contributed by atoms with Gasteiger partial charge in [-0.05, 0) is 87.5 Å². The van der Waals surface area contributed by atoms with Gasteiger partial charge in [-0.15, -0.1) is 0 Å². The third-order valence-corrected chi connectivity index (χ3v) is 14.3. The van der Waals surface area contributed by atoms with E-state index in [0.29, 0.717) is 12.8 Å². The van der Waals surface area contributed by atoms with E-state index >= 15 is 4.39 Å². The van der Waals surface area contributed by atoms with Crippen LogP contribution in [0.3, 0.4) is 0 Å². The lowest BCUT2D eigenvalue weighted by molar-refractivity contribution is -0.135. The van der Waals surface area contributed by atoms with Crippen LogP contribution < -0.4 is 10.6 Å². The first-order chi connectivity index (χ1) is 30.2. The lowest BCUT2D eigenvalue weighted by Gasteiger charge is -2.31. The van der Waals surface area contributed by atoms with Crippen molar-refractivity contribution in [3.8, 4) is 11.1 Å². The highest BCUT2D eigenvalue weighted by molar-refractivity contribution is 6.05. The molecule has 2 saturated heterocycles. The Hall–Kier alpha value is -5.40. The fraction of sp³-hybridized carbons (Fsp3) is 0.551. The number of nitrogens with one attached hydrogen (secondary N) is 2. The molecule has 4 aliphatic heterocycles. The summed E-state index contributed by atoms with van der Waals surface area (Å²) in [5.74, 6) is -1.12. The molecule has 12 nitrogen and oxygen atoms in total. The van der Waals surface area contributed by atoms with E-state index in [1.165, 1.54) is 54.2 Å². The number of hydrogen-bond acceptors (Lipinski definition) is 8. The third kappa shape index (κ3) is 8.54. The number of halogens is 2. The summed E-state index contributed by atoms with van der Waals surface area (Å²) in [5, 5.41) is 5.28. The second-order valence-electron chi connectivity index (χ2n) is 18.9. The number of allylic oxidation sites excluding steroid dienone is 2. The van der Waals surface area contributed by atoms with Crippen molar-refractivity contribution in [2.75, 3.05) is 27.3 Å². The molecule has 2 aromatic carbocycles. The molecule has 8 rings (SSSR count). The van der Waals surface area contributed by atoms with Crippen molar-refractivity contribution in [2.45, 2.75) is 134 Å². The number of benzene rings is 2. The van der Waals surface area contributed by atoms with Crippen molar-refractivity contribution < 1.29 is 37.4 Å². The van der Waals surface area contributed by atoms with Gasteiger partial charge in [0, 0.05) is 49.5 Å². The van der Waals surface area contributed by atoms with E-state index in [0.717, 1.165) is 59.4 Å². The highest BCUT2D eigenvalue weighted by atomic mass is 19.1. The van der Waals surface area contributed by atoms with Crippen LogP contribution in [0.15, 0.2) is 58.8 Å². The number of carbonyl (C=O) groups excluding carboxylic acids is 4. The van der Waals surface area contributed by atoms with Crippen LogP contribution in [0.1, 0.15) is 108 Å². The van der Waals surface area contributed by atoms with Gasteiger partial charge >= 0.3 is 12.2 Å². The van der Waals surface area contributed by atoms with Crippen LogP contribution in [-0.2, 0) is 30.9 Å². The van der Waals surface area contributed by atoms with Gasteiger partial charge in [-0.25, -0.2) is 18.4 Å². The summed E-state index contributed by atoms with van der Waals surface area (Å²) in [6.45, 7) is 7.25. The molecule has 63 heavy (non-hydrogen) atoms. The maximum Gasteiger partial charge on any atom is 0.407 e. The Labute approximate surface area is 368 Å². The maximum absolute atomic E-state index is 15.1. The Morgan fingerprint density at radius 1 is 0.683 bits per heavy atom. The van der Waals surface area contributed by atoms with Crippen LogP contribution in [-0.4, -0.2) is 109 Å². The van der Waals surface area contributed by atoms with Gasteiger partial charge in [0.25, 0.3) is 0 Å². The molecule has 6 aliphatic rings. The second-order valence-corrected chi connectivity index (χ2v) is 18.9. The number of methoxy groups -OCH3 is 2. The lowest BCUT2D eigenvalue weighted by atomic mass is 9.76. The van der Waals surface area contributed by atoms with E-state index in [2.05, 4.69) is 47.0 Å². The average molecular weight is 867 g/mol. The molecule has 2 aromatic rings. The molecule has 1 spiro atoms. The fourth-order valence-electron chi connectivity index (χ4n) is 11.0. The first-order valence-electron chi connectivity index (χ1n) is 22.6. The maximum atomic E-state index is 15.1. The molecule has 0 bridgehead atoms. The highest BCUT2D eigenvalue weighted by Gasteiger charge is 2.46. The average Bonchev–Trinajstić information content (AvgIpc) is 4.14. The molecule has 0 radical (unpaired) electrons. The molecule has 2 aliphatic carbocycles. The predicted molar refractivity (Wildman–Crippen MR) is 239 cm³/mol. The van der Waals surface area contributed by atoms with Gasteiger partial charge in [-0.2, -0.15) is 0 Å². The molecule has 1 saturated carbocycles. The standard InChI is InChI=1S/C49H60F2N6O6/c1-27(2)43(54-47(60)62-5)45(58)56-25-33(50)21-40(56)38-19-31(23-52-38)29-9-11-30(12-10-29)36-14-13-35(37-15-18-49(42(36)37)16-7-8-17-49)32-20-39(53-24-32)41-22-34(51)26-57(41)46(59)44(28(3)4)55-48(61)63-6/h9-14,23-24,27-28,33-34,40-41,43-44H,7-8,15-22,25-26H2,1-6H3,(H,54,60)(H,55,61)/t33-,34-,40+,41+,43+,44+/m1/s1. The van der Waals surface area contributed by atoms with Gasteiger partial charge in [0.05, 0.1) is 39.4 Å². The minimum Gasteiger partial charge on any atom is -0.453 e. The number of carbonyl (C=O) groups is 4. The van der Waals surface area contributed by atoms with Gasteiger partial charge in [0.1, 0.15) is 24.4 Å². The Morgan fingerprint density at radius 3 is 1.67 bits per heavy atom. The van der Waals surface area contributed by atoms with Crippen molar-refractivity contribution >= 4 is 46.6 Å². The topological polar surface area (TPSA) is 142 Å². The van der Waals surface area contributed by atoms with E-state index in [1.54, 1.807) is 4.90 Å². The summed E-state index contributed by atoms with van der Waals surface area (Å²) in [6.07, 6.45) is 8.02. The minimum absolute atomic E-state index is 0.0447. The number of rotatable bonds is 11. The molecular formula is C49H60F2N6O6. The van der Waals surface area contributed by atoms with Crippen LogP contribution >= 0.6 is 0 Å². The Kier molecular flexibility index (Phi) is 12.6.